The van der Waals surface area contributed by atoms with Crippen LogP contribution in [0, 0.1) is 52.3 Å². The molecule has 0 spiro atoms. The highest BCUT2D eigenvalue weighted by molar-refractivity contribution is 8.13. The summed E-state index contributed by atoms with van der Waals surface area (Å²) in [5, 5.41) is 0.283. The Morgan fingerprint density at radius 3 is 2.44 bits per heavy atom. The molecule has 182 valence electrons. The number of fused-ring (bicyclic) bond motifs is 5. The van der Waals surface area contributed by atoms with Crippen molar-refractivity contribution in [3.63, 3.8) is 0 Å². The Balaban J connectivity index is 1.42. The Kier molecular flexibility index (Phi) is 7.40. The summed E-state index contributed by atoms with van der Waals surface area (Å²) in [5.41, 5.74) is 0.992. The van der Waals surface area contributed by atoms with Crippen LogP contribution >= 0.6 is 11.8 Å². The molecule has 4 aliphatic rings. The number of carbonyl (C=O) groups is 2. The first-order chi connectivity index (χ1) is 15.2. The van der Waals surface area contributed by atoms with Crippen molar-refractivity contribution >= 4 is 22.8 Å². The van der Waals surface area contributed by atoms with Crippen LogP contribution in [0.2, 0.25) is 0 Å². The van der Waals surface area contributed by atoms with Gasteiger partial charge in [-0.15, -0.1) is 0 Å². The fourth-order valence-corrected chi connectivity index (χ4v) is 10.1. The topological polar surface area (TPSA) is 43.4 Å². The molecule has 0 heterocycles. The second-order valence-electron chi connectivity index (χ2n) is 12.4. The maximum Gasteiger partial charge on any atom is 0.305 e. The highest BCUT2D eigenvalue weighted by Gasteiger charge is 2.60. The fourth-order valence-electron chi connectivity index (χ4n) is 9.36. The lowest BCUT2D eigenvalue weighted by Gasteiger charge is -2.61. The van der Waals surface area contributed by atoms with Gasteiger partial charge in [0.2, 0.25) is 0 Å². The van der Waals surface area contributed by atoms with Gasteiger partial charge in [-0.1, -0.05) is 32.5 Å². The summed E-state index contributed by atoms with van der Waals surface area (Å²) in [6.45, 7) is 9.38. The van der Waals surface area contributed by atoms with Crippen molar-refractivity contribution < 1.29 is 14.3 Å². The van der Waals surface area contributed by atoms with Gasteiger partial charge < -0.3 is 4.74 Å². The lowest BCUT2D eigenvalue weighted by Crippen LogP contribution is -2.53. The van der Waals surface area contributed by atoms with Crippen LogP contribution in [-0.4, -0.2) is 23.9 Å². The average Bonchev–Trinajstić information content (AvgIpc) is 3.12. The molecule has 4 aliphatic carbocycles. The Labute approximate surface area is 200 Å². The Hall–Kier alpha value is -0.510. The van der Waals surface area contributed by atoms with Gasteiger partial charge in [-0.25, -0.2) is 0 Å². The van der Waals surface area contributed by atoms with Crippen LogP contribution in [0.15, 0.2) is 0 Å². The van der Waals surface area contributed by atoms with Crippen molar-refractivity contribution in [2.75, 3.05) is 12.9 Å². The summed E-state index contributed by atoms with van der Waals surface area (Å²) in [6, 6.07) is 0. The standard InChI is InChI=1S/C28H46O3S/c1-18(6-11-26(30)31-5)23-9-10-24-22-8-7-21-16-20(17-32-19(2)29)12-14-27(21,3)25(22)13-15-28(23,24)4/h18,20-25H,6-17H2,1-5H3/t18?,20?,21-,22+,23?,24?,25?,27+,28-/m1/s1. The molecule has 4 fully saturated rings. The van der Waals surface area contributed by atoms with Gasteiger partial charge in [0.1, 0.15) is 0 Å². The molecule has 0 aromatic rings. The molecule has 0 radical (unpaired) electrons. The molecule has 32 heavy (non-hydrogen) atoms. The Morgan fingerprint density at radius 1 is 1.00 bits per heavy atom. The minimum absolute atomic E-state index is 0.0520. The number of hydrogen-bond donors (Lipinski definition) is 0. The zero-order valence-corrected chi connectivity index (χ0v) is 22.0. The Bertz CT molecular complexity index is 707. The molecule has 0 saturated heterocycles. The van der Waals surface area contributed by atoms with E-state index in [-0.39, 0.29) is 11.1 Å². The van der Waals surface area contributed by atoms with Crippen LogP contribution in [0.1, 0.15) is 98.3 Å². The molecule has 0 bridgehead atoms. The van der Waals surface area contributed by atoms with Gasteiger partial charge in [-0.2, -0.15) is 0 Å². The molecule has 0 N–H and O–H groups in total. The van der Waals surface area contributed by atoms with Crippen LogP contribution in [0.25, 0.3) is 0 Å². The summed E-state index contributed by atoms with van der Waals surface area (Å²) in [4.78, 5) is 23.2. The van der Waals surface area contributed by atoms with E-state index in [1.165, 1.54) is 64.9 Å². The normalized spacial score (nSPS) is 44.2. The van der Waals surface area contributed by atoms with Gasteiger partial charge >= 0.3 is 5.97 Å². The first kappa shape index (κ1) is 24.6. The van der Waals surface area contributed by atoms with Gasteiger partial charge in [-0.3, -0.25) is 9.59 Å². The van der Waals surface area contributed by atoms with E-state index in [1.807, 2.05) is 0 Å². The van der Waals surface area contributed by atoms with Crippen molar-refractivity contribution in [2.24, 2.45) is 52.3 Å². The maximum absolute atomic E-state index is 11.7. The highest BCUT2D eigenvalue weighted by Crippen LogP contribution is 2.68. The number of thioether (sulfide) groups is 1. The third-order valence-electron chi connectivity index (χ3n) is 11.1. The van der Waals surface area contributed by atoms with Crippen LogP contribution < -0.4 is 0 Å². The van der Waals surface area contributed by atoms with Gasteiger partial charge in [0.05, 0.1) is 7.11 Å². The second-order valence-corrected chi connectivity index (χ2v) is 13.6. The van der Waals surface area contributed by atoms with Crippen molar-refractivity contribution in [3.05, 3.63) is 0 Å². The zero-order valence-electron chi connectivity index (χ0n) is 21.2. The molecule has 0 aliphatic heterocycles. The summed E-state index contributed by atoms with van der Waals surface area (Å²) in [5.74, 6) is 6.70. The minimum atomic E-state index is -0.0520. The van der Waals surface area contributed by atoms with Crippen LogP contribution in [0.4, 0.5) is 0 Å². The molecule has 4 rings (SSSR count). The SMILES string of the molecule is COC(=O)CCC(C)C1CCC2[C@@H]3CC[C@@H]4CC(CSC(C)=O)CC[C@]4(C)C3CC[C@]12C. The summed E-state index contributed by atoms with van der Waals surface area (Å²) < 4.78 is 4.90. The number of ether oxygens (including phenoxy) is 1. The third-order valence-corrected chi connectivity index (χ3v) is 12.1. The molecule has 9 atom stereocenters. The number of carbonyl (C=O) groups excluding carboxylic acids is 2. The van der Waals surface area contributed by atoms with Crippen molar-refractivity contribution in [2.45, 2.75) is 98.3 Å². The van der Waals surface area contributed by atoms with E-state index in [1.54, 1.807) is 18.7 Å². The molecule has 0 aromatic carbocycles. The van der Waals surface area contributed by atoms with E-state index in [2.05, 4.69) is 20.8 Å². The smallest absolute Gasteiger partial charge is 0.305 e. The molecule has 4 saturated carbocycles. The quantitative estimate of drug-likeness (QED) is 0.394. The summed E-state index contributed by atoms with van der Waals surface area (Å²) in [7, 11) is 1.51. The molecular weight excluding hydrogens is 416 g/mol. The largest absolute Gasteiger partial charge is 0.469 e. The molecule has 4 heteroatoms. The number of esters is 1. The number of rotatable bonds is 6. The fraction of sp³-hybridized carbons (Fsp3) is 0.929. The monoisotopic (exact) mass is 462 g/mol. The average molecular weight is 463 g/mol. The van der Waals surface area contributed by atoms with E-state index < -0.39 is 0 Å². The van der Waals surface area contributed by atoms with Crippen molar-refractivity contribution in [1.29, 1.82) is 0 Å². The zero-order chi connectivity index (χ0) is 23.1. The number of hydrogen-bond acceptors (Lipinski definition) is 4. The van der Waals surface area contributed by atoms with E-state index >= 15 is 0 Å². The van der Waals surface area contributed by atoms with E-state index in [0.29, 0.717) is 23.2 Å². The van der Waals surface area contributed by atoms with Crippen LogP contribution in [-0.2, 0) is 14.3 Å². The first-order valence-electron chi connectivity index (χ1n) is 13.4. The van der Waals surface area contributed by atoms with Gasteiger partial charge in [0.15, 0.2) is 5.12 Å². The Morgan fingerprint density at radius 2 is 1.72 bits per heavy atom. The lowest BCUT2D eigenvalue weighted by molar-refractivity contribution is -0.141. The van der Waals surface area contributed by atoms with E-state index in [9.17, 15) is 9.59 Å². The maximum atomic E-state index is 11.7. The predicted octanol–water partition coefficient (Wildman–Crippen LogP) is 7.13. The number of methoxy groups -OCH3 is 1. The molecule has 5 unspecified atom stereocenters. The highest BCUT2D eigenvalue weighted by atomic mass is 32.2. The summed E-state index contributed by atoms with van der Waals surface area (Å²) >= 11 is 1.55. The van der Waals surface area contributed by atoms with Gasteiger partial charge in [0.25, 0.3) is 0 Å². The van der Waals surface area contributed by atoms with Gasteiger partial charge in [0, 0.05) is 19.1 Å². The molecule has 3 nitrogen and oxygen atoms in total. The van der Waals surface area contributed by atoms with Crippen LogP contribution in [0.3, 0.4) is 0 Å². The van der Waals surface area contributed by atoms with Gasteiger partial charge in [-0.05, 0) is 116 Å². The molecular formula is C28H46O3S. The third kappa shape index (κ3) is 4.43. The molecule has 0 aromatic heterocycles. The first-order valence-corrected chi connectivity index (χ1v) is 14.4. The summed E-state index contributed by atoms with van der Waals surface area (Å²) in [6.07, 6.45) is 14.0. The van der Waals surface area contributed by atoms with Crippen molar-refractivity contribution in [1.82, 2.24) is 0 Å². The van der Waals surface area contributed by atoms with Crippen molar-refractivity contribution in [3.8, 4) is 0 Å². The minimum Gasteiger partial charge on any atom is -0.469 e. The predicted molar refractivity (Wildman–Crippen MR) is 132 cm³/mol. The van der Waals surface area contributed by atoms with Crippen LogP contribution in [0.5, 0.6) is 0 Å². The van der Waals surface area contributed by atoms with E-state index in [0.717, 1.165) is 47.7 Å². The second kappa shape index (κ2) is 9.62. The molecule has 0 amide bonds. The lowest BCUT2D eigenvalue weighted by atomic mass is 9.44. The van der Waals surface area contributed by atoms with E-state index in [4.69, 9.17) is 4.74 Å².